The molecule has 0 radical (unpaired) electrons. The minimum Gasteiger partial charge on any atom is -0.481 e. The molecule has 1 N–H and O–H groups in total. The Hall–Kier alpha value is -1.69. The van der Waals surface area contributed by atoms with Gasteiger partial charge in [-0.2, -0.15) is 4.98 Å². The summed E-state index contributed by atoms with van der Waals surface area (Å²) < 4.78 is 5.07. The van der Waals surface area contributed by atoms with Crippen LogP contribution < -0.4 is 10.1 Å². The molecule has 0 atom stereocenters. The van der Waals surface area contributed by atoms with Gasteiger partial charge in [0.2, 0.25) is 11.8 Å². The van der Waals surface area contributed by atoms with Gasteiger partial charge >= 0.3 is 0 Å². The van der Waals surface area contributed by atoms with Crippen molar-refractivity contribution in [1.82, 2.24) is 15.0 Å². The molecule has 0 amide bonds. The van der Waals surface area contributed by atoms with E-state index >= 15 is 0 Å². The van der Waals surface area contributed by atoms with Crippen molar-refractivity contribution in [3.05, 3.63) is 28.3 Å². The first kappa shape index (κ1) is 10.8. The molecular weight excluding hydrogens is 224 g/mol. The first-order valence-electron chi connectivity index (χ1n) is 4.80. The fraction of sp³-hybridized carbons (Fsp3) is 0.300. The van der Waals surface area contributed by atoms with Crippen LogP contribution in [0.1, 0.15) is 10.7 Å². The molecule has 2 aromatic heterocycles. The SMILES string of the molecule is COc1cc(C)nc(NCc2nccs2)n1. The Balaban J connectivity index is 2.06. The molecular formula is C10H12N4OS. The smallest absolute Gasteiger partial charge is 0.226 e. The van der Waals surface area contributed by atoms with E-state index in [1.54, 1.807) is 30.7 Å². The first-order chi connectivity index (χ1) is 7.78. The molecule has 0 spiro atoms. The van der Waals surface area contributed by atoms with Gasteiger partial charge in [0.15, 0.2) is 0 Å². The molecule has 0 aliphatic rings. The lowest BCUT2D eigenvalue weighted by Gasteiger charge is -2.05. The van der Waals surface area contributed by atoms with Crippen LogP contribution in [0.2, 0.25) is 0 Å². The van der Waals surface area contributed by atoms with Crippen LogP contribution in [-0.2, 0) is 6.54 Å². The largest absolute Gasteiger partial charge is 0.481 e. The first-order valence-corrected chi connectivity index (χ1v) is 5.68. The molecule has 0 bridgehead atoms. The Kier molecular flexibility index (Phi) is 3.31. The maximum atomic E-state index is 5.07. The van der Waals surface area contributed by atoms with Gasteiger partial charge in [0.25, 0.3) is 0 Å². The number of anilines is 1. The summed E-state index contributed by atoms with van der Waals surface area (Å²) in [6.45, 7) is 2.53. The van der Waals surface area contributed by atoms with Crippen molar-refractivity contribution in [2.45, 2.75) is 13.5 Å². The number of nitrogens with zero attached hydrogens (tertiary/aromatic N) is 3. The Morgan fingerprint density at radius 3 is 3.00 bits per heavy atom. The minimum absolute atomic E-state index is 0.562. The van der Waals surface area contributed by atoms with E-state index in [1.165, 1.54) is 0 Å². The highest BCUT2D eigenvalue weighted by Gasteiger charge is 2.02. The summed E-state index contributed by atoms with van der Waals surface area (Å²) >= 11 is 1.60. The number of ether oxygens (including phenoxy) is 1. The molecule has 5 nitrogen and oxygen atoms in total. The lowest BCUT2D eigenvalue weighted by molar-refractivity contribution is 0.397. The summed E-state index contributed by atoms with van der Waals surface area (Å²) in [6, 6.07) is 1.79. The fourth-order valence-corrected chi connectivity index (χ4v) is 1.77. The maximum absolute atomic E-state index is 5.07. The number of hydrogen-bond donors (Lipinski definition) is 1. The van der Waals surface area contributed by atoms with E-state index in [9.17, 15) is 0 Å². The fourth-order valence-electron chi connectivity index (χ4n) is 1.22. The number of hydrogen-bond acceptors (Lipinski definition) is 6. The van der Waals surface area contributed by atoms with Crippen LogP contribution in [0, 0.1) is 6.92 Å². The van der Waals surface area contributed by atoms with Gasteiger partial charge in [0.1, 0.15) is 5.01 Å². The highest BCUT2D eigenvalue weighted by Crippen LogP contribution is 2.12. The van der Waals surface area contributed by atoms with E-state index in [2.05, 4.69) is 20.3 Å². The zero-order valence-corrected chi connectivity index (χ0v) is 9.91. The highest BCUT2D eigenvalue weighted by molar-refractivity contribution is 7.09. The van der Waals surface area contributed by atoms with Crippen LogP contribution in [0.4, 0.5) is 5.95 Å². The zero-order chi connectivity index (χ0) is 11.4. The van der Waals surface area contributed by atoms with Crippen LogP contribution in [0.5, 0.6) is 5.88 Å². The normalized spacial score (nSPS) is 10.1. The number of aryl methyl sites for hydroxylation is 1. The second-order valence-corrected chi connectivity index (χ2v) is 4.13. The summed E-state index contributed by atoms with van der Waals surface area (Å²) in [4.78, 5) is 12.6. The van der Waals surface area contributed by atoms with Gasteiger partial charge in [-0.15, -0.1) is 11.3 Å². The predicted octanol–water partition coefficient (Wildman–Crippen LogP) is 1.86. The maximum Gasteiger partial charge on any atom is 0.226 e. The summed E-state index contributed by atoms with van der Waals surface area (Å²) in [5, 5.41) is 6.05. The molecule has 2 heterocycles. The van der Waals surface area contributed by atoms with Crippen molar-refractivity contribution in [3.63, 3.8) is 0 Å². The highest BCUT2D eigenvalue weighted by atomic mass is 32.1. The third-order valence-electron chi connectivity index (χ3n) is 1.92. The summed E-state index contributed by atoms with van der Waals surface area (Å²) in [7, 11) is 1.59. The van der Waals surface area contributed by atoms with E-state index in [0.29, 0.717) is 18.4 Å². The van der Waals surface area contributed by atoms with Crippen molar-refractivity contribution >= 4 is 17.3 Å². The van der Waals surface area contributed by atoms with Crippen molar-refractivity contribution in [2.75, 3.05) is 12.4 Å². The molecule has 0 aliphatic carbocycles. The lowest BCUT2D eigenvalue weighted by atomic mass is 10.4. The van der Waals surface area contributed by atoms with Gasteiger partial charge in [-0.3, -0.25) is 0 Å². The monoisotopic (exact) mass is 236 g/mol. The Morgan fingerprint density at radius 2 is 2.31 bits per heavy atom. The Labute approximate surface area is 97.5 Å². The van der Waals surface area contributed by atoms with Crippen molar-refractivity contribution in [2.24, 2.45) is 0 Å². The molecule has 2 rings (SSSR count). The van der Waals surface area contributed by atoms with Crippen LogP contribution in [0.3, 0.4) is 0 Å². The van der Waals surface area contributed by atoms with Crippen LogP contribution in [0.25, 0.3) is 0 Å². The van der Waals surface area contributed by atoms with Gasteiger partial charge in [-0.05, 0) is 6.92 Å². The zero-order valence-electron chi connectivity index (χ0n) is 9.10. The van der Waals surface area contributed by atoms with Crippen LogP contribution in [0.15, 0.2) is 17.6 Å². The van der Waals surface area contributed by atoms with E-state index in [1.807, 2.05) is 12.3 Å². The third-order valence-corrected chi connectivity index (χ3v) is 2.70. The quantitative estimate of drug-likeness (QED) is 0.878. The topological polar surface area (TPSA) is 59.9 Å². The molecule has 0 unspecified atom stereocenters. The molecule has 0 fully saturated rings. The number of nitrogens with one attached hydrogen (secondary N) is 1. The number of aromatic nitrogens is 3. The molecule has 16 heavy (non-hydrogen) atoms. The summed E-state index contributed by atoms with van der Waals surface area (Å²) in [5.74, 6) is 1.13. The molecule has 0 aliphatic heterocycles. The molecule has 6 heteroatoms. The number of methoxy groups -OCH3 is 1. The second kappa shape index (κ2) is 4.89. The van der Waals surface area contributed by atoms with Crippen molar-refractivity contribution < 1.29 is 4.74 Å². The van der Waals surface area contributed by atoms with Crippen LogP contribution >= 0.6 is 11.3 Å². The Morgan fingerprint density at radius 1 is 1.44 bits per heavy atom. The third kappa shape index (κ3) is 2.66. The molecule has 84 valence electrons. The van der Waals surface area contributed by atoms with E-state index < -0.39 is 0 Å². The molecule has 0 saturated heterocycles. The van der Waals surface area contributed by atoms with Crippen LogP contribution in [-0.4, -0.2) is 22.1 Å². The number of thiazole rings is 1. The molecule has 0 aromatic carbocycles. The number of rotatable bonds is 4. The molecule has 0 saturated carbocycles. The predicted molar refractivity (Wildman–Crippen MR) is 62.8 cm³/mol. The second-order valence-electron chi connectivity index (χ2n) is 3.15. The van der Waals surface area contributed by atoms with Gasteiger partial charge in [0, 0.05) is 23.3 Å². The Bertz CT molecular complexity index is 458. The minimum atomic E-state index is 0.562. The lowest BCUT2D eigenvalue weighted by Crippen LogP contribution is -2.05. The van der Waals surface area contributed by atoms with Gasteiger partial charge in [0.05, 0.1) is 13.7 Å². The summed E-state index contributed by atoms with van der Waals surface area (Å²) in [5.41, 5.74) is 0.869. The van der Waals surface area contributed by atoms with Gasteiger partial charge in [-0.1, -0.05) is 0 Å². The van der Waals surface area contributed by atoms with Crippen molar-refractivity contribution in [1.29, 1.82) is 0 Å². The summed E-state index contributed by atoms with van der Waals surface area (Å²) in [6.07, 6.45) is 1.78. The van der Waals surface area contributed by atoms with E-state index in [4.69, 9.17) is 4.74 Å². The van der Waals surface area contributed by atoms with Crippen molar-refractivity contribution in [3.8, 4) is 5.88 Å². The van der Waals surface area contributed by atoms with E-state index in [-0.39, 0.29) is 0 Å². The van der Waals surface area contributed by atoms with E-state index in [0.717, 1.165) is 10.7 Å². The van der Waals surface area contributed by atoms with Gasteiger partial charge < -0.3 is 10.1 Å². The molecule has 2 aromatic rings. The van der Waals surface area contributed by atoms with Gasteiger partial charge in [-0.25, -0.2) is 9.97 Å². The average Bonchev–Trinajstić information content (AvgIpc) is 2.78. The standard InChI is InChI=1S/C10H12N4OS/c1-7-5-8(15-2)14-10(13-7)12-6-9-11-3-4-16-9/h3-5H,6H2,1-2H3,(H,12,13,14). The average molecular weight is 236 g/mol.